The van der Waals surface area contributed by atoms with Gasteiger partial charge in [-0.25, -0.2) is 4.98 Å². The molecule has 1 aromatic rings. The van der Waals surface area contributed by atoms with Gasteiger partial charge in [0.15, 0.2) is 6.29 Å². The molecule has 0 atom stereocenters. The molecule has 0 aliphatic rings. The van der Waals surface area contributed by atoms with Crippen molar-refractivity contribution in [3.63, 3.8) is 0 Å². The molecular weight excluding hydrogens is 164 g/mol. The lowest BCUT2D eigenvalue weighted by molar-refractivity contribution is 0.111. The molecule has 58 valence electrons. The number of aldehydes is 1. The van der Waals surface area contributed by atoms with Crippen LogP contribution in [0.4, 0.5) is 0 Å². The van der Waals surface area contributed by atoms with Gasteiger partial charge in [0.2, 0.25) is 0 Å². The van der Waals surface area contributed by atoms with Crippen molar-refractivity contribution in [3.05, 3.63) is 29.8 Å². The molecule has 0 aromatic carbocycles. The number of allylic oxidation sites excluding steroid dienone is 1. The molecule has 0 radical (unpaired) electrons. The predicted octanol–water partition coefficient (Wildman–Crippen LogP) is 1.45. The molecule has 0 amide bonds. The number of carbonyl (C=O) groups is 1. The number of aromatic nitrogens is 2. The van der Waals surface area contributed by atoms with Crippen LogP contribution in [0.15, 0.2) is 24.1 Å². The lowest BCUT2D eigenvalue weighted by Crippen LogP contribution is -1.88. The molecular formula is C7H7ClN2O. The molecule has 0 fully saturated rings. The maximum atomic E-state index is 10.2. The molecule has 1 rings (SSSR count). The van der Waals surface area contributed by atoms with Gasteiger partial charge in [0, 0.05) is 18.3 Å². The second kappa shape index (κ2) is 3.93. The van der Waals surface area contributed by atoms with Crippen LogP contribution >= 0.6 is 11.6 Å². The normalized spacial score (nSPS) is 10.6. The summed E-state index contributed by atoms with van der Waals surface area (Å²) in [4.78, 5) is 14.0. The Morgan fingerprint density at radius 1 is 1.73 bits per heavy atom. The minimum absolute atomic E-state index is 0.438. The molecule has 1 aromatic heterocycles. The third-order valence-corrected chi connectivity index (χ3v) is 1.36. The lowest BCUT2D eigenvalue weighted by Gasteiger charge is -1.91. The molecule has 1 heterocycles. The van der Waals surface area contributed by atoms with E-state index in [1.54, 1.807) is 23.2 Å². The van der Waals surface area contributed by atoms with Crippen LogP contribution in [0.1, 0.15) is 10.5 Å². The number of carbonyl (C=O) groups excluding carboxylic acids is 1. The van der Waals surface area contributed by atoms with Gasteiger partial charge in [-0.05, 0) is 0 Å². The van der Waals surface area contributed by atoms with E-state index in [1.807, 2.05) is 0 Å². The molecule has 4 heteroatoms. The fourth-order valence-electron chi connectivity index (χ4n) is 0.700. The van der Waals surface area contributed by atoms with Crippen LogP contribution in [0.2, 0.25) is 0 Å². The van der Waals surface area contributed by atoms with Gasteiger partial charge < -0.3 is 4.57 Å². The van der Waals surface area contributed by atoms with E-state index in [9.17, 15) is 4.79 Å². The van der Waals surface area contributed by atoms with Crippen molar-refractivity contribution in [1.29, 1.82) is 0 Å². The molecule has 0 spiro atoms. The van der Waals surface area contributed by atoms with Crippen molar-refractivity contribution < 1.29 is 4.79 Å². The first-order valence-electron chi connectivity index (χ1n) is 3.09. The Bertz CT molecular complexity index is 267. The maximum absolute atomic E-state index is 10.2. The van der Waals surface area contributed by atoms with Gasteiger partial charge in [0.25, 0.3) is 0 Å². The summed E-state index contributed by atoms with van der Waals surface area (Å²) in [7, 11) is 0. The molecule has 0 N–H and O–H groups in total. The van der Waals surface area contributed by atoms with Crippen LogP contribution in [0, 0.1) is 0 Å². The molecule has 3 nitrogen and oxygen atoms in total. The quantitative estimate of drug-likeness (QED) is 0.644. The third-order valence-electron chi connectivity index (χ3n) is 1.18. The Kier molecular flexibility index (Phi) is 2.86. The topological polar surface area (TPSA) is 34.9 Å². The molecule has 0 aliphatic heterocycles. The number of imidazole rings is 1. The largest absolute Gasteiger partial charge is 0.333 e. The zero-order valence-electron chi connectivity index (χ0n) is 5.77. The molecule has 0 saturated carbocycles. The summed E-state index contributed by atoms with van der Waals surface area (Å²) in [5, 5.41) is 0. The van der Waals surface area contributed by atoms with Crippen molar-refractivity contribution in [2.45, 2.75) is 6.54 Å². The average molecular weight is 171 g/mol. The highest BCUT2D eigenvalue weighted by molar-refractivity contribution is 6.25. The summed E-state index contributed by atoms with van der Waals surface area (Å²) >= 11 is 5.31. The average Bonchev–Trinajstić information content (AvgIpc) is 2.48. The highest BCUT2D eigenvalue weighted by Crippen LogP contribution is 1.93. The minimum atomic E-state index is 0.438. The highest BCUT2D eigenvalue weighted by atomic mass is 35.5. The highest BCUT2D eigenvalue weighted by Gasteiger charge is 1.92. The first-order chi connectivity index (χ1) is 5.36. The number of hydrogen-bond acceptors (Lipinski definition) is 2. The Labute approximate surface area is 69.3 Å². The standard InChI is InChI=1S/C7H7ClN2O/c8-2-1-3-10-4-7(5-11)9-6-10/h1-2,4-6H,3H2/b2-1+. The van der Waals surface area contributed by atoms with Crippen LogP contribution in [-0.4, -0.2) is 15.8 Å². The molecule has 0 bridgehead atoms. The Balaban J connectivity index is 2.65. The summed E-state index contributed by atoms with van der Waals surface area (Å²) in [6.45, 7) is 0.643. The van der Waals surface area contributed by atoms with E-state index in [0.717, 1.165) is 0 Å². The molecule has 0 aliphatic carbocycles. The molecule has 0 saturated heterocycles. The SMILES string of the molecule is O=Cc1cn(C/C=C/Cl)cn1. The van der Waals surface area contributed by atoms with Crippen LogP contribution in [0.25, 0.3) is 0 Å². The van der Waals surface area contributed by atoms with E-state index in [4.69, 9.17) is 11.6 Å². The molecule has 0 unspecified atom stereocenters. The Morgan fingerprint density at radius 2 is 2.55 bits per heavy atom. The summed E-state index contributed by atoms with van der Waals surface area (Å²) < 4.78 is 1.77. The van der Waals surface area contributed by atoms with E-state index in [1.165, 1.54) is 5.54 Å². The van der Waals surface area contributed by atoms with Gasteiger partial charge in [-0.3, -0.25) is 4.79 Å². The van der Waals surface area contributed by atoms with E-state index in [2.05, 4.69) is 4.98 Å². The lowest BCUT2D eigenvalue weighted by atomic mass is 10.5. The minimum Gasteiger partial charge on any atom is -0.333 e. The Hall–Kier alpha value is -1.09. The number of halogens is 1. The monoisotopic (exact) mass is 170 g/mol. The van der Waals surface area contributed by atoms with Crippen molar-refractivity contribution >= 4 is 17.9 Å². The summed E-state index contributed by atoms with van der Waals surface area (Å²) in [5.41, 5.74) is 1.87. The third kappa shape index (κ3) is 2.20. The van der Waals surface area contributed by atoms with Gasteiger partial charge in [0.05, 0.1) is 6.33 Å². The van der Waals surface area contributed by atoms with Gasteiger partial charge in [-0.2, -0.15) is 0 Å². The summed E-state index contributed by atoms with van der Waals surface area (Å²) in [5.74, 6) is 0. The van der Waals surface area contributed by atoms with Gasteiger partial charge in [0.1, 0.15) is 5.69 Å². The van der Waals surface area contributed by atoms with Crippen molar-refractivity contribution in [1.82, 2.24) is 9.55 Å². The van der Waals surface area contributed by atoms with Crippen molar-refractivity contribution in [2.75, 3.05) is 0 Å². The summed E-state index contributed by atoms with van der Waals surface area (Å²) in [6.07, 6.45) is 5.71. The van der Waals surface area contributed by atoms with Crippen LogP contribution in [0.3, 0.4) is 0 Å². The first kappa shape index (κ1) is 8.01. The number of hydrogen-bond donors (Lipinski definition) is 0. The van der Waals surface area contributed by atoms with Gasteiger partial charge >= 0.3 is 0 Å². The second-order valence-corrected chi connectivity index (χ2v) is 2.23. The van der Waals surface area contributed by atoms with E-state index < -0.39 is 0 Å². The number of nitrogens with zero attached hydrogens (tertiary/aromatic N) is 2. The first-order valence-corrected chi connectivity index (χ1v) is 3.52. The zero-order valence-corrected chi connectivity index (χ0v) is 6.53. The fraction of sp³-hybridized carbons (Fsp3) is 0.143. The van der Waals surface area contributed by atoms with Crippen molar-refractivity contribution in [3.8, 4) is 0 Å². The van der Waals surface area contributed by atoms with Gasteiger partial charge in [-0.15, -0.1) is 0 Å². The van der Waals surface area contributed by atoms with Crippen LogP contribution in [0.5, 0.6) is 0 Å². The number of rotatable bonds is 3. The van der Waals surface area contributed by atoms with Crippen molar-refractivity contribution in [2.24, 2.45) is 0 Å². The van der Waals surface area contributed by atoms with Gasteiger partial charge in [-0.1, -0.05) is 17.7 Å². The van der Waals surface area contributed by atoms with E-state index in [0.29, 0.717) is 18.5 Å². The van der Waals surface area contributed by atoms with Crippen LogP contribution < -0.4 is 0 Å². The smallest absolute Gasteiger partial charge is 0.169 e. The van der Waals surface area contributed by atoms with Crippen LogP contribution in [-0.2, 0) is 6.54 Å². The second-order valence-electron chi connectivity index (χ2n) is 1.97. The molecule has 11 heavy (non-hydrogen) atoms. The maximum Gasteiger partial charge on any atom is 0.169 e. The van der Waals surface area contributed by atoms with E-state index >= 15 is 0 Å². The predicted molar refractivity (Wildman–Crippen MR) is 42.6 cm³/mol. The fourth-order valence-corrected chi connectivity index (χ4v) is 0.779. The zero-order chi connectivity index (χ0) is 8.10. The Morgan fingerprint density at radius 3 is 3.09 bits per heavy atom. The summed E-state index contributed by atoms with van der Waals surface area (Å²) in [6, 6.07) is 0. The van der Waals surface area contributed by atoms with E-state index in [-0.39, 0.29) is 0 Å².